The number of benzene rings is 2. The number of aryl methyl sites for hydroxylation is 1. The lowest BCUT2D eigenvalue weighted by atomic mass is 10.1. The van der Waals surface area contributed by atoms with Crippen LogP contribution in [0.4, 0.5) is 5.69 Å². The van der Waals surface area contributed by atoms with Crippen molar-refractivity contribution in [2.75, 3.05) is 12.4 Å². The van der Waals surface area contributed by atoms with Gasteiger partial charge in [-0.25, -0.2) is 4.98 Å². The number of nitrogens with one attached hydrogen (secondary N) is 1. The molecule has 2 heterocycles. The molecule has 4 rings (SSSR count). The number of furan rings is 1. The highest BCUT2D eigenvalue weighted by atomic mass is 32.1. The third-order valence-electron chi connectivity index (χ3n) is 4.29. The van der Waals surface area contributed by atoms with Crippen LogP contribution >= 0.6 is 11.3 Å². The zero-order valence-corrected chi connectivity index (χ0v) is 16.2. The van der Waals surface area contributed by atoms with Gasteiger partial charge in [-0.2, -0.15) is 0 Å². The molecular weight excluding hydrogens is 376 g/mol. The molecule has 0 spiro atoms. The summed E-state index contributed by atoms with van der Waals surface area (Å²) in [6.45, 7) is 2.10. The Balaban J connectivity index is 1.60. The van der Waals surface area contributed by atoms with E-state index in [2.05, 4.69) is 10.3 Å². The van der Waals surface area contributed by atoms with E-state index in [0.29, 0.717) is 46.1 Å². The third kappa shape index (κ3) is 3.57. The summed E-state index contributed by atoms with van der Waals surface area (Å²) in [6.07, 6.45) is 0. The van der Waals surface area contributed by atoms with E-state index >= 15 is 0 Å². The van der Waals surface area contributed by atoms with Gasteiger partial charge >= 0.3 is 0 Å². The van der Waals surface area contributed by atoms with Crippen LogP contribution in [-0.4, -0.2) is 18.0 Å². The first-order valence-electron chi connectivity index (χ1n) is 8.63. The molecule has 0 saturated carbocycles. The predicted molar refractivity (Wildman–Crippen MR) is 108 cm³/mol. The van der Waals surface area contributed by atoms with Crippen molar-refractivity contribution in [1.29, 1.82) is 0 Å². The van der Waals surface area contributed by atoms with E-state index < -0.39 is 0 Å². The van der Waals surface area contributed by atoms with E-state index in [1.165, 1.54) is 11.3 Å². The monoisotopic (exact) mass is 394 g/mol. The van der Waals surface area contributed by atoms with Crippen molar-refractivity contribution in [2.45, 2.75) is 13.5 Å². The summed E-state index contributed by atoms with van der Waals surface area (Å²) in [4.78, 5) is 17.2. The molecule has 0 radical (unpaired) electrons. The highest BCUT2D eigenvalue weighted by molar-refractivity contribution is 7.07. The molecule has 0 atom stereocenters. The summed E-state index contributed by atoms with van der Waals surface area (Å²) in [6, 6.07) is 12.7. The first kappa shape index (κ1) is 18.1. The number of hydrogen-bond acceptors (Lipinski definition) is 6. The third-order valence-corrected chi connectivity index (χ3v) is 4.93. The van der Waals surface area contributed by atoms with Crippen LogP contribution < -0.4 is 14.8 Å². The Morgan fingerprint density at radius 3 is 2.89 bits per heavy atom. The van der Waals surface area contributed by atoms with Crippen LogP contribution in [0, 0.1) is 6.92 Å². The van der Waals surface area contributed by atoms with E-state index in [-0.39, 0.29) is 5.91 Å². The van der Waals surface area contributed by atoms with Gasteiger partial charge in [0.15, 0.2) is 0 Å². The van der Waals surface area contributed by atoms with E-state index in [1.807, 2.05) is 23.6 Å². The molecule has 1 N–H and O–H groups in total. The van der Waals surface area contributed by atoms with Crippen molar-refractivity contribution in [1.82, 2.24) is 4.98 Å². The van der Waals surface area contributed by atoms with Crippen molar-refractivity contribution < 1.29 is 18.7 Å². The molecule has 28 heavy (non-hydrogen) atoms. The zero-order valence-electron chi connectivity index (χ0n) is 15.4. The SMILES string of the molecule is COc1ccc2oc(C)c(C(=O)Nc3ccccc3OCc3cscn3)c2c1. The fourth-order valence-corrected chi connectivity index (χ4v) is 3.49. The number of rotatable bonds is 6. The van der Waals surface area contributed by atoms with E-state index in [0.717, 1.165) is 5.69 Å². The quantitative estimate of drug-likeness (QED) is 0.496. The number of methoxy groups -OCH3 is 1. The lowest BCUT2D eigenvalue weighted by Gasteiger charge is -2.12. The van der Waals surface area contributed by atoms with Gasteiger partial charge < -0.3 is 19.2 Å². The Kier molecular flexibility index (Phi) is 4.99. The first-order valence-corrected chi connectivity index (χ1v) is 9.57. The molecule has 2 aromatic heterocycles. The van der Waals surface area contributed by atoms with Crippen LogP contribution in [0.5, 0.6) is 11.5 Å². The fraction of sp³-hybridized carbons (Fsp3) is 0.143. The number of carbonyl (C=O) groups is 1. The normalized spacial score (nSPS) is 10.8. The van der Waals surface area contributed by atoms with Gasteiger partial charge in [-0.3, -0.25) is 4.79 Å². The Morgan fingerprint density at radius 1 is 1.25 bits per heavy atom. The van der Waals surface area contributed by atoms with Crippen molar-refractivity contribution in [3.63, 3.8) is 0 Å². The highest BCUT2D eigenvalue weighted by Crippen LogP contribution is 2.31. The molecule has 142 valence electrons. The van der Waals surface area contributed by atoms with E-state index in [9.17, 15) is 4.79 Å². The Hall–Kier alpha value is -3.32. The van der Waals surface area contributed by atoms with E-state index in [1.54, 1.807) is 43.8 Å². The van der Waals surface area contributed by atoms with Crippen LogP contribution in [-0.2, 0) is 6.61 Å². The Morgan fingerprint density at radius 2 is 2.11 bits per heavy atom. The maximum atomic E-state index is 13.0. The minimum absolute atomic E-state index is 0.269. The maximum absolute atomic E-state index is 13.0. The second kappa shape index (κ2) is 7.74. The molecule has 0 aliphatic carbocycles. The van der Waals surface area contributed by atoms with Crippen LogP contribution in [0.15, 0.2) is 57.8 Å². The van der Waals surface area contributed by atoms with Gasteiger partial charge in [0.2, 0.25) is 0 Å². The van der Waals surface area contributed by atoms with Gasteiger partial charge in [-0.15, -0.1) is 11.3 Å². The average Bonchev–Trinajstić information content (AvgIpc) is 3.33. The number of fused-ring (bicyclic) bond motifs is 1. The molecule has 0 fully saturated rings. The molecule has 1 amide bonds. The second-order valence-electron chi connectivity index (χ2n) is 6.11. The van der Waals surface area contributed by atoms with Gasteiger partial charge in [0.1, 0.15) is 29.4 Å². The van der Waals surface area contributed by atoms with Gasteiger partial charge in [0.25, 0.3) is 5.91 Å². The molecule has 0 saturated heterocycles. The van der Waals surface area contributed by atoms with Crippen LogP contribution in [0.2, 0.25) is 0 Å². The number of hydrogen-bond donors (Lipinski definition) is 1. The number of aromatic nitrogens is 1. The summed E-state index contributed by atoms with van der Waals surface area (Å²) >= 11 is 1.51. The lowest BCUT2D eigenvalue weighted by Crippen LogP contribution is -2.13. The molecule has 0 aliphatic heterocycles. The zero-order chi connectivity index (χ0) is 19.5. The van der Waals surface area contributed by atoms with Crippen molar-refractivity contribution in [3.8, 4) is 11.5 Å². The first-order chi connectivity index (χ1) is 13.7. The topological polar surface area (TPSA) is 73.6 Å². The van der Waals surface area contributed by atoms with Crippen molar-refractivity contribution in [3.05, 3.63) is 70.4 Å². The summed E-state index contributed by atoms with van der Waals surface area (Å²) in [5.74, 6) is 1.51. The fourth-order valence-electron chi connectivity index (χ4n) is 2.95. The van der Waals surface area contributed by atoms with Gasteiger partial charge in [0, 0.05) is 10.8 Å². The van der Waals surface area contributed by atoms with Gasteiger partial charge in [-0.1, -0.05) is 12.1 Å². The van der Waals surface area contributed by atoms with Crippen molar-refractivity contribution in [2.24, 2.45) is 0 Å². The molecule has 2 aromatic carbocycles. The number of thiazole rings is 1. The maximum Gasteiger partial charge on any atom is 0.259 e. The molecule has 4 aromatic rings. The summed E-state index contributed by atoms with van der Waals surface area (Å²) in [5, 5.41) is 5.56. The van der Waals surface area contributed by atoms with Crippen molar-refractivity contribution >= 4 is 33.9 Å². The van der Waals surface area contributed by atoms with Crippen LogP contribution in [0.3, 0.4) is 0 Å². The molecule has 6 nitrogen and oxygen atoms in total. The Bertz CT molecular complexity index is 1120. The number of nitrogens with zero attached hydrogens (tertiary/aromatic N) is 1. The lowest BCUT2D eigenvalue weighted by molar-refractivity contribution is 0.102. The average molecular weight is 394 g/mol. The highest BCUT2D eigenvalue weighted by Gasteiger charge is 2.20. The molecule has 0 unspecified atom stereocenters. The number of ether oxygens (including phenoxy) is 2. The van der Waals surface area contributed by atoms with Gasteiger partial charge in [-0.05, 0) is 37.3 Å². The number of amides is 1. The smallest absolute Gasteiger partial charge is 0.259 e. The number of carbonyl (C=O) groups excluding carboxylic acids is 1. The van der Waals surface area contributed by atoms with Crippen LogP contribution in [0.1, 0.15) is 21.8 Å². The molecule has 0 bridgehead atoms. The largest absolute Gasteiger partial charge is 0.497 e. The predicted octanol–water partition coefficient (Wildman–Crippen LogP) is 5.04. The molecule has 0 aliphatic rings. The van der Waals surface area contributed by atoms with Gasteiger partial charge in [0.05, 0.1) is 29.6 Å². The van der Waals surface area contributed by atoms with Crippen LogP contribution in [0.25, 0.3) is 11.0 Å². The summed E-state index contributed by atoms with van der Waals surface area (Å²) < 4.78 is 16.8. The summed E-state index contributed by atoms with van der Waals surface area (Å²) in [7, 11) is 1.59. The standard InChI is InChI=1S/C21H18N2O4S/c1-13-20(16-9-15(25-2)7-8-18(16)27-13)21(24)23-17-5-3-4-6-19(17)26-10-14-11-28-12-22-14/h3-9,11-12H,10H2,1-2H3,(H,23,24). The number of anilines is 1. The molecular formula is C21H18N2O4S. The Labute approximate surface area is 165 Å². The minimum atomic E-state index is -0.269. The van der Waals surface area contributed by atoms with E-state index in [4.69, 9.17) is 13.9 Å². The molecule has 7 heteroatoms. The number of para-hydroxylation sites is 2. The minimum Gasteiger partial charge on any atom is -0.497 e. The summed E-state index contributed by atoms with van der Waals surface area (Å²) in [5.41, 5.74) is 4.29. The second-order valence-corrected chi connectivity index (χ2v) is 6.83.